The molecule has 2 aliphatic rings. The minimum Gasteiger partial charge on any atom is -0.508 e. The Kier molecular flexibility index (Phi) is 2.37. The number of oxime groups is 1. The van der Waals surface area contributed by atoms with Crippen LogP contribution in [0.3, 0.4) is 0 Å². The van der Waals surface area contributed by atoms with Gasteiger partial charge in [-0.3, -0.25) is 0 Å². The van der Waals surface area contributed by atoms with Crippen molar-refractivity contribution in [3.63, 3.8) is 0 Å². The second-order valence-corrected chi connectivity index (χ2v) is 4.57. The van der Waals surface area contributed by atoms with E-state index in [2.05, 4.69) is 10.5 Å². The summed E-state index contributed by atoms with van der Waals surface area (Å²) in [5, 5.41) is 16.6. The maximum Gasteiger partial charge on any atom is 0.167 e. The number of benzene rings is 1. The predicted octanol–water partition coefficient (Wildman–Crippen LogP) is 1.52. The van der Waals surface area contributed by atoms with Crippen LogP contribution in [0.2, 0.25) is 0 Å². The molecule has 0 radical (unpaired) electrons. The molecule has 88 valence electrons. The van der Waals surface area contributed by atoms with Crippen LogP contribution in [-0.2, 0) is 4.84 Å². The molecular formula is C13H14N2O2. The highest BCUT2D eigenvalue weighted by molar-refractivity contribution is 5.99. The summed E-state index contributed by atoms with van der Waals surface area (Å²) in [6.45, 7) is 1.75. The van der Waals surface area contributed by atoms with Crippen molar-refractivity contribution in [1.82, 2.24) is 5.32 Å². The summed E-state index contributed by atoms with van der Waals surface area (Å²) in [4.78, 5) is 5.43. The highest BCUT2D eigenvalue weighted by Gasteiger charge is 2.44. The topological polar surface area (TPSA) is 53.9 Å². The van der Waals surface area contributed by atoms with Gasteiger partial charge in [-0.05, 0) is 23.8 Å². The number of allylic oxidation sites excluding steroid dienone is 1. The van der Waals surface area contributed by atoms with Crippen molar-refractivity contribution in [1.29, 1.82) is 0 Å². The van der Waals surface area contributed by atoms with Gasteiger partial charge in [-0.1, -0.05) is 23.4 Å². The first kappa shape index (κ1) is 10.4. The monoisotopic (exact) mass is 230 g/mol. The number of nitrogens with zero attached hydrogens (tertiary/aromatic N) is 1. The van der Waals surface area contributed by atoms with Gasteiger partial charge in [-0.25, -0.2) is 0 Å². The van der Waals surface area contributed by atoms with Crippen LogP contribution < -0.4 is 5.32 Å². The molecule has 1 spiro atoms. The molecule has 1 saturated heterocycles. The second-order valence-electron chi connectivity index (χ2n) is 4.57. The first-order valence-corrected chi connectivity index (χ1v) is 5.69. The Bertz CT molecular complexity index is 490. The lowest BCUT2D eigenvalue weighted by Crippen LogP contribution is -2.59. The zero-order valence-corrected chi connectivity index (χ0v) is 9.39. The number of nitrogens with one attached hydrogen (secondary N) is 1. The fourth-order valence-corrected chi connectivity index (χ4v) is 2.05. The lowest BCUT2D eigenvalue weighted by atomic mass is 9.91. The van der Waals surface area contributed by atoms with Gasteiger partial charge in [0.05, 0.1) is 5.71 Å². The molecule has 3 rings (SSSR count). The summed E-state index contributed by atoms with van der Waals surface area (Å²) < 4.78 is 0. The normalized spacial score (nSPS) is 21.3. The van der Waals surface area contributed by atoms with Gasteiger partial charge in [-0.2, -0.15) is 0 Å². The Morgan fingerprint density at radius 1 is 1.35 bits per heavy atom. The number of phenolic OH excluding ortho intramolecular Hbond substituents is 1. The van der Waals surface area contributed by atoms with Crippen molar-refractivity contribution in [3.05, 3.63) is 35.9 Å². The number of rotatable bonds is 2. The van der Waals surface area contributed by atoms with Crippen molar-refractivity contribution >= 4 is 11.8 Å². The van der Waals surface area contributed by atoms with Crippen molar-refractivity contribution in [2.45, 2.75) is 12.0 Å². The van der Waals surface area contributed by atoms with E-state index in [0.29, 0.717) is 0 Å². The third kappa shape index (κ3) is 2.03. The Hall–Kier alpha value is -1.81. The average Bonchev–Trinajstić information content (AvgIpc) is 2.71. The third-order valence-electron chi connectivity index (χ3n) is 3.09. The van der Waals surface area contributed by atoms with Crippen LogP contribution in [0.4, 0.5) is 0 Å². The molecule has 1 fully saturated rings. The van der Waals surface area contributed by atoms with E-state index in [-0.39, 0.29) is 11.4 Å². The van der Waals surface area contributed by atoms with Gasteiger partial charge in [0.25, 0.3) is 0 Å². The van der Waals surface area contributed by atoms with Crippen molar-refractivity contribution < 1.29 is 9.94 Å². The zero-order chi connectivity index (χ0) is 11.7. The molecule has 0 saturated carbocycles. The maximum atomic E-state index is 9.34. The second kappa shape index (κ2) is 3.89. The Morgan fingerprint density at radius 3 is 2.88 bits per heavy atom. The Balaban J connectivity index is 1.67. The highest BCUT2D eigenvalue weighted by Crippen LogP contribution is 2.28. The summed E-state index contributed by atoms with van der Waals surface area (Å²) in [7, 11) is 0. The van der Waals surface area contributed by atoms with Gasteiger partial charge < -0.3 is 15.3 Å². The highest BCUT2D eigenvalue weighted by atomic mass is 16.7. The lowest BCUT2D eigenvalue weighted by Gasteiger charge is -2.35. The Morgan fingerprint density at radius 2 is 2.24 bits per heavy atom. The van der Waals surface area contributed by atoms with Crippen LogP contribution in [-0.4, -0.2) is 29.5 Å². The minimum absolute atomic E-state index is 0.0848. The van der Waals surface area contributed by atoms with E-state index < -0.39 is 0 Å². The average molecular weight is 230 g/mol. The van der Waals surface area contributed by atoms with E-state index in [1.165, 1.54) is 0 Å². The molecule has 0 unspecified atom stereocenters. The molecule has 0 bridgehead atoms. The third-order valence-corrected chi connectivity index (χ3v) is 3.09. The predicted molar refractivity (Wildman–Crippen MR) is 65.9 cm³/mol. The van der Waals surface area contributed by atoms with Crippen LogP contribution in [0.1, 0.15) is 12.0 Å². The molecule has 2 heterocycles. The van der Waals surface area contributed by atoms with Gasteiger partial charge in [0.2, 0.25) is 0 Å². The number of hydrogen-bond acceptors (Lipinski definition) is 4. The van der Waals surface area contributed by atoms with Gasteiger partial charge in [0.1, 0.15) is 5.75 Å². The summed E-state index contributed by atoms with van der Waals surface area (Å²) in [6, 6.07) is 7.13. The summed E-state index contributed by atoms with van der Waals surface area (Å²) in [5.41, 5.74) is 1.83. The molecular weight excluding hydrogens is 216 g/mol. The number of hydrogen-bond donors (Lipinski definition) is 2. The van der Waals surface area contributed by atoms with Crippen molar-refractivity contribution in [3.8, 4) is 5.75 Å². The largest absolute Gasteiger partial charge is 0.508 e. The molecule has 2 aliphatic heterocycles. The fraction of sp³-hybridized carbons (Fsp3) is 0.308. The van der Waals surface area contributed by atoms with E-state index in [4.69, 9.17) is 4.84 Å². The molecule has 17 heavy (non-hydrogen) atoms. The molecule has 1 aromatic rings. The molecule has 0 amide bonds. The Labute approximate surface area is 99.6 Å². The standard InChI is InChI=1S/C13H14N2O2/c16-12-3-1-2-10(6-12)4-5-11-7-13(17-15-11)8-14-9-13/h1-6,14,16H,7-9H2. The van der Waals surface area contributed by atoms with Gasteiger partial charge in [0, 0.05) is 19.5 Å². The fourth-order valence-electron chi connectivity index (χ4n) is 2.05. The molecule has 4 heteroatoms. The molecule has 0 aromatic heterocycles. The molecule has 1 aromatic carbocycles. The van der Waals surface area contributed by atoms with E-state index >= 15 is 0 Å². The first-order valence-electron chi connectivity index (χ1n) is 5.69. The number of aromatic hydroxyl groups is 1. The quantitative estimate of drug-likeness (QED) is 0.810. The van der Waals surface area contributed by atoms with E-state index in [1.54, 1.807) is 12.1 Å². The SMILES string of the molecule is Oc1cccc(C=CC2=NOC3(CNC3)C2)c1. The van der Waals surface area contributed by atoms with Crippen LogP contribution in [0.15, 0.2) is 35.5 Å². The van der Waals surface area contributed by atoms with Crippen LogP contribution in [0, 0.1) is 0 Å². The molecule has 0 atom stereocenters. The first-order chi connectivity index (χ1) is 8.26. The van der Waals surface area contributed by atoms with Crippen molar-refractivity contribution in [2.24, 2.45) is 5.16 Å². The zero-order valence-electron chi connectivity index (χ0n) is 9.39. The van der Waals surface area contributed by atoms with Gasteiger partial charge in [0.15, 0.2) is 5.60 Å². The van der Waals surface area contributed by atoms with Gasteiger partial charge >= 0.3 is 0 Å². The molecule has 0 aliphatic carbocycles. The van der Waals surface area contributed by atoms with E-state index in [9.17, 15) is 5.11 Å². The smallest absolute Gasteiger partial charge is 0.167 e. The van der Waals surface area contributed by atoms with E-state index in [1.807, 2.05) is 24.3 Å². The lowest BCUT2D eigenvalue weighted by molar-refractivity contribution is -0.0559. The molecule has 2 N–H and O–H groups in total. The van der Waals surface area contributed by atoms with Crippen molar-refractivity contribution in [2.75, 3.05) is 13.1 Å². The number of phenols is 1. The minimum atomic E-state index is -0.0848. The van der Waals surface area contributed by atoms with Crippen LogP contribution in [0.25, 0.3) is 6.08 Å². The van der Waals surface area contributed by atoms with E-state index in [0.717, 1.165) is 30.8 Å². The summed E-state index contributed by atoms with van der Waals surface area (Å²) in [6.07, 6.45) is 4.74. The van der Waals surface area contributed by atoms with Gasteiger partial charge in [-0.15, -0.1) is 0 Å². The summed E-state index contributed by atoms with van der Waals surface area (Å²) in [5.74, 6) is 0.274. The van der Waals surface area contributed by atoms with Crippen LogP contribution >= 0.6 is 0 Å². The molecule has 4 nitrogen and oxygen atoms in total. The van der Waals surface area contributed by atoms with Crippen LogP contribution in [0.5, 0.6) is 5.75 Å². The maximum absolute atomic E-state index is 9.34. The summed E-state index contributed by atoms with van der Waals surface area (Å²) >= 11 is 0.